The molecule has 6 nitrogen and oxygen atoms in total. The molecule has 0 atom stereocenters. The number of carbonyl (C=O) groups is 1. The van der Waals surface area contributed by atoms with Crippen molar-refractivity contribution in [2.45, 2.75) is 13.3 Å². The number of aromatic nitrogens is 2. The summed E-state index contributed by atoms with van der Waals surface area (Å²) in [4.78, 5) is 16.4. The van der Waals surface area contributed by atoms with Crippen molar-refractivity contribution in [3.05, 3.63) is 60.0 Å². The van der Waals surface area contributed by atoms with E-state index in [0.717, 1.165) is 11.3 Å². The molecule has 0 aliphatic carbocycles. The first-order valence-corrected chi connectivity index (χ1v) is 6.93. The molecule has 0 unspecified atom stereocenters. The lowest BCUT2D eigenvalue weighted by Gasteiger charge is -2.04. The summed E-state index contributed by atoms with van der Waals surface area (Å²) < 4.78 is 10.4. The van der Waals surface area contributed by atoms with Crippen LogP contribution in [0.1, 0.15) is 21.9 Å². The van der Waals surface area contributed by atoms with E-state index in [1.54, 1.807) is 37.7 Å². The van der Waals surface area contributed by atoms with Crippen molar-refractivity contribution in [2.24, 2.45) is 0 Å². The molecule has 3 rings (SSSR count). The molecule has 0 saturated carbocycles. The van der Waals surface area contributed by atoms with Gasteiger partial charge in [-0.05, 0) is 31.2 Å². The molecule has 3 aromatic rings. The number of carbonyl (C=O) groups excluding carboxylic acids is 1. The highest BCUT2D eigenvalue weighted by Gasteiger charge is 2.21. The zero-order chi connectivity index (χ0) is 15.4. The Morgan fingerprint density at radius 1 is 1.27 bits per heavy atom. The number of hydrogen-bond donors (Lipinski definition) is 1. The van der Waals surface area contributed by atoms with Crippen LogP contribution in [-0.2, 0) is 6.42 Å². The van der Waals surface area contributed by atoms with Crippen LogP contribution in [0.4, 0.5) is 0 Å². The van der Waals surface area contributed by atoms with Gasteiger partial charge in [-0.2, -0.15) is 0 Å². The molecule has 0 fully saturated rings. The SMILES string of the molecule is Cc1onc(-c2ccncc2)c1C(=O)NCCc1ccco1. The highest BCUT2D eigenvalue weighted by Crippen LogP contribution is 2.24. The number of nitrogens with zero attached hydrogens (tertiary/aromatic N) is 2. The fourth-order valence-corrected chi connectivity index (χ4v) is 2.19. The standard InChI is InChI=1S/C16H15N3O3/c1-11-14(15(19-22-11)12-4-7-17-8-5-12)16(20)18-9-6-13-3-2-10-21-13/h2-5,7-8,10H,6,9H2,1H3,(H,18,20). The van der Waals surface area contributed by atoms with Crippen molar-refractivity contribution in [1.82, 2.24) is 15.5 Å². The van der Waals surface area contributed by atoms with Gasteiger partial charge in [0.2, 0.25) is 0 Å². The van der Waals surface area contributed by atoms with Gasteiger partial charge < -0.3 is 14.3 Å². The van der Waals surface area contributed by atoms with E-state index in [4.69, 9.17) is 8.94 Å². The number of nitrogens with one attached hydrogen (secondary N) is 1. The molecule has 3 aromatic heterocycles. The van der Waals surface area contributed by atoms with Gasteiger partial charge in [0.15, 0.2) is 0 Å². The maximum absolute atomic E-state index is 12.4. The summed E-state index contributed by atoms with van der Waals surface area (Å²) in [6, 6.07) is 7.27. The molecular formula is C16H15N3O3. The molecule has 6 heteroatoms. The lowest BCUT2D eigenvalue weighted by atomic mass is 10.1. The van der Waals surface area contributed by atoms with Crippen molar-refractivity contribution >= 4 is 5.91 Å². The van der Waals surface area contributed by atoms with Crippen LogP contribution in [0.25, 0.3) is 11.3 Å². The monoisotopic (exact) mass is 297 g/mol. The maximum atomic E-state index is 12.4. The highest BCUT2D eigenvalue weighted by atomic mass is 16.5. The van der Waals surface area contributed by atoms with Crippen LogP contribution in [0, 0.1) is 6.92 Å². The van der Waals surface area contributed by atoms with Crippen LogP contribution in [-0.4, -0.2) is 22.6 Å². The molecule has 0 aliphatic rings. The van der Waals surface area contributed by atoms with E-state index in [1.807, 2.05) is 12.1 Å². The second-order valence-corrected chi connectivity index (χ2v) is 4.78. The third-order valence-electron chi connectivity index (χ3n) is 3.28. The summed E-state index contributed by atoms with van der Waals surface area (Å²) >= 11 is 0. The third kappa shape index (κ3) is 2.90. The van der Waals surface area contributed by atoms with E-state index in [0.29, 0.717) is 30.0 Å². The Morgan fingerprint density at radius 3 is 2.82 bits per heavy atom. The molecule has 0 saturated heterocycles. The van der Waals surface area contributed by atoms with Crippen molar-refractivity contribution in [3.63, 3.8) is 0 Å². The van der Waals surface area contributed by atoms with Gasteiger partial charge in [0.1, 0.15) is 22.8 Å². The average Bonchev–Trinajstić information content (AvgIpc) is 3.17. The van der Waals surface area contributed by atoms with Gasteiger partial charge in [-0.15, -0.1) is 0 Å². The van der Waals surface area contributed by atoms with E-state index < -0.39 is 0 Å². The summed E-state index contributed by atoms with van der Waals surface area (Å²) in [7, 11) is 0. The second kappa shape index (κ2) is 6.26. The molecule has 0 bridgehead atoms. The molecule has 112 valence electrons. The average molecular weight is 297 g/mol. The number of furan rings is 1. The van der Waals surface area contributed by atoms with E-state index in [1.165, 1.54) is 0 Å². The van der Waals surface area contributed by atoms with Gasteiger partial charge in [0.25, 0.3) is 5.91 Å². The zero-order valence-corrected chi connectivity index (χ0v) is 12.1. The fraction of sp³-hybridized carbons (Fsp3) is 0.188. The Labute approximate surface area is 127 Å². The van der Waals surface area contributed by atoms with Gasteiger partial charge in [-0.25, -0.2) is 0 Å². The minimum atomic E-state index is -0.211. The van der Waals surface area contributed by atoms with E-state index >= 15 is 0 Å². The Morgan fingerprint density at radius 2 is 2.09 bits per heavy atom. The molecule has 0 aromatic carbocycles. The summed E-state index contributed by atoms with van der Waals surface area (Å²) in [5, 5.41) is 6.84. The lowest BCUT2D eigenvalue weighted by Crippen LogP contribution is -2.26. The van der Waals surface area contributed by atoms with Gasteiger partial charge in [-0.3, -0.25) is 9.78 Å². The predicted molar refractivity (Wildman–Crippen MR) is 79.2 cm³/mol. The maximum Gasteiger partial charge on any atom is 0.257 e. The number of rotatable bonds is 5. The minimum absolute atomic E-state index is 0.211. The molecule has 3 heterocycles. The van der Waals surface area contributed by atoms with Crippen LogP contribution < -0.4 is 5.32 Å². The Balaban J connectivity index is 1.73. The molecule has 1 amide bonds. The largest absolute Gasteiger partial charge is 0.469 e. The number of hydrogen-bond acceptors (Lipinski definition) is 5. The Hall–Kier alpha value is -2.89. The normalized spacial score (nSPS) is 10.6. The summed E-state index contributed by atoms with van der Waals surface area (Å²) in [6.07, 6.45) is 5.55. The quantitative estimate of drug-likeness (QED) is 0.783. The topological polar surface area (TPSA) is 81.2 Å². The number of aryl methyl sites for hydroxylation is 1. The van der Waals surface area contributed by atoms with Crippen LogP contribution in [0.2, 0.25) is 0 Å². The molecule has 22 heavy (non-hydrogen) atoms. The zero-order valence-electron chi connectivity index (χ0n) is 12.1. The second-order valence-electron chi connectivity index (χ2n) is 4.78. The fourth-order valence-electron chi connectivity index (χ4n) is 2.19. The lowest BCUT2D eigenvalue weighted by molar-refractivity contribution is 0.0952. The van der Waals surface area contributed by atoms with Gasteiger partial charge in [-0.1, -0.05) is 5.16 Å². The van der Waals surface area contributed by atoms with Crippen LogP contribution in [0.3, 0.4) is 0 Å². The minimum Gasteiger partial charge on any atom is -0.469 e. The van der Waals surface area contributed by atoms with Crippen molar-refractivity contribution in [1.29, 1.82) is 0 Å². The van der Waals surface area contributed by atoms with Crippen molar-refractivity contribution in [2.75, 3.05) is 6.54 Å². The highest BCUT2D eigenvalue weighted by molar-refractivity contribution is 6.00. The first-order valence-electron chi connectivity index (χ1n) is 6.93. The van der Waals surface area contributed by atoms with Crippen molar-refractivity contribution < 1.29 is 13.7 Å². The Kier molecular flexibility index (Phi) is 4.00. The van der Waals surface area contributed by atoms with Crippen molar-refractivity contribution in [3.8, 4) is 11.3 Å². The first-order chi connectivity index (χ1) is 10.8. The van der Waals surface area contributed by atoms with E-state index in [-0.39, 0.29) is 5.91 Å². The summed E-state index contributed by atoms with van der Waals surface area (Å²) in [5.74, 6) is 1.11. The molecule has 1 N–H and O–H groups in total. The van der Waals surface area contributed by atoms with Crippen LogP contribution in [0.15, 0.2) is 51.9 Å². The van der Waals surface area contributed by atoms with Crippen LogP contribution in [0.5, 0.6) is 0 Å². The van der Waals surface area contributed by atoms with Crippen LogP contribution >= 0.6 is 0 Å². The predicted octanol–water partition coefficient (Wildman–Crippen LogP) is 2.61. The Bertz CT molecular complexity index is 748. The van der Waals surface area contributed by atoms with E-state index in [2.05, 4.69) is 15.5 Å². The summed E-state index contributed by atoms with van der Waals surface area (Å²) in [6.45, 7) is 2.20. The molecule has 0 radical (unpaired) electrons. The molecule has 0 spiro atoms. The number of pyridine rings is 1. The van der Waals surface area contributed by atoms with E-state index in [9.17, 15) is 4.79 Å². The summed E-state index contributed by atoms with van der Waals surface area (Å²) in [5.41, 5.74) is 1.77. The third-order valence-corrected chi connectivity index (χ3v) is 3.28. The van der Waals surface area contributed by atoms with Gasteiger partial charge in [0, 0.05) is 30.9 Å². The molecule has 0 aliphatic heterocycles. The smallest absolute Gasteiger partial charge is 0.257 e. The number of amides is 1. The first kappa shape index (κ1) is 14.1. The van der Waals surface area contributed by atoms with Gasteiger partial charge in [0.05, 0.1) is 6.26 Å². The molecular weight excluding hydrogens is 282 g/mol. The van der Waals surface area contributed by atoms with Gasteiger partial charge >= 0.3 is 0 Å².